The van der Waals surface area contributed by atoms with E-state index in [1.165, 1.54) is 18.9 Å². The van der Waals surface area contributed by atoms with E-state index in [0.717, 1.165) is 44.9 Å². The fourth-order valence-corrected chi connectivity index (χ4v) is 2.57. The summed E-state index contributed by atoms with van der Waals surface area (Å²) >= 11 is 0. The van der Waals surface area contributed by atoms with Crippen LogP contribution in [-0.4, -0.2) is 34.7 Å². The van der Waals surface area contributed by atoms with E-state index in [0.29, 0.717) is 13.0 Å². The number of allylic oxidation sites excluding steroid dienone is 1. The summed E-state index contributed by atoms with van der Waals surface area (Å²) in [6.45, 7) is 2.26. The Morgan fingerprint density at radius 1 is 0.800 bits per heavy atom. The molecule has 0 aliphatic carbocycles. The number of hydrogen-bond donors (Lipinski definition) is 2. The zero-order chi connectivity index (χ0) is 18.9. The van der Waals surface area contributed by atoms with Crippen LogP contribution < -0.4 is 0 Å². The summed E-state index contributed by atoms with van der Waals surface area (Å²) in [5.41, 5.74) is 0. The van der Waals surface area contributed by atoms with Gasteiger partial charge in [0.05, 0.1) is 6.61 Å². The molecule has 0 radical (unpaired) electrons. The van der Waals surface area contributed by atoms with Crippen molar-refractivity contribution in [3.63, 3.8) is 0 Å². The maximum absolute atomic E-state index is 11.1. The van der Waals surface area contributed by atoms with E-state index in [1.54, 1.807) is 13.0 Å². The fourth-order valence-electron chi connectivity index (χ4n) is 2.57. The average molecular weight is 356 g/mol. The molecule has 0 aromatic heterocycles. The Morgan fingerprint density at radius 3 is 1.68 bits per heavy atom. The van der Waals surface area contributed by atoms with Crippen molar-refractivity contribution >= 4 is 17.9 Å². The largest absolute Gasteiger partial charge is 0.481 e. The second kappa shape index (κ2) is 15.7. The topological polar surface area (TPSA) is 101 Å². The minimum Gasteiger partial charge on any atom is -0.481 e. The zero-order valence-corrected chi connectivity index (χ0v) is 15.2. The van der Waals surface area contributed by atoms with Gasteiger partial charge in [0, 0.05) is 6.08 Å². The number of rotatable bonds is 16. The molecule has 0 fully saturated rings. The van der Waals surface area contributed by atoms with Crippen LogP contribution in [0.3, 0.4) is 0 Å². The van der Waals surface area contributed by atoms with E-state index >= 15 is 0 Å². The smallest absolute Gasteiger partial charge is 0.330 e. The number of carboxylic acids is 2. The van der Waals surface area contributed by atoms with Crippen LogP contribution in [0.15, 0.2) is 12.2 Å². The van der Waals surface area contributed by atoms with Crippen LogP contribution in [0, 0.1) is 5.92 Å². The normalized spacial score (nSPS) is 11.1. The van der Waals surface area contributed by atoms with Crippen LogP contribution in [0.2, 0.25) is 0 Å². The predicted molar refractivity (Wildman–Crippen MR) is 95.3 cm³/mol. The Bertz CT molecular complexity index is 402. The van der Waals surface area contributed by atoms with Crippen molar-refractivity contribution in [2.24, 2.45) is 5.92 Å². The summed E-state index contributed by atoms with van der Waals surface area (Å²) in [4.78, 5) is 32.5. The van der Waals surface area contributed by atoms with Crippen LogP contribution in [-0.2, 0) is 19.1 Å². The highest BCUT2D eigenvalue weighted by Gasteiger charge is 2.24. The fraction of sp³-hybridized carbons (Fsp3) is 0.737. The quantitative estimate of drug-likeness (QED) is 0.186. The Morgan fingerprint density at radius 2 is 1.24 bits per heavy atom. The van der Waals surface area contributed by atoms with Crippen LogP contribution >= 0.6 is 0 Å². The number of carbonyl (C=O) groups excluding carboxylic acids is 1. The van der Waals surface area contributed by atoms with Crippen molar-refractivity contribution in [2.45, 2.75) is 77.6 Å². The van der Waals surface area contributed by atoms with Crippen LogP contribution in [0.25, 0.3) is 0 Å². The molecule has 0 unspecified atom stereocenters. The Labute approximate surface area is 150 Å². The van der Waals surface area contributed by atoms with Gasteiger partial charge in [0.25, 0.3) is 0 Å². The third-order valence-electron chi connectivity index (χ3n) is 4.03. The molecule has 0 aliphatic rings. The summed E-state index contributed by atoms with van der Waals surface area (Å²) in [5.74, 6) is -4.04. The standard InChI is InChI=1S/C19H32O6/c1-2-13-17(20)25-15-12-10-8-6-4-3-5-7-9-11-14-16(18(21)22)19(23)24/h2,13,16H,3-12,14-15H2,1H3,(H,21,22)(H,23,24). The molecular formula is C19H32O6. The lowest BCUT2D eigenvalue weighted by Crippen LogP contribution is -2.23. The van der Waals surface area contributed by atoms with Gasteiger partial charge in [-0.3, -0.25) is 9.59 Å². The number of carbonyl (C=O) groups is 3. The number of esters is 1. The Hall–Kier alpha value is -1.85. The van der Waals surface area contributed by atoms with Crippen molar-refractivity contribution in [3.05, 3.63) is 12.2 Å². The Kier molecular flexibility index (Phi) is 14.5. The molecule has 0 spiro atoms. The molecule has 0 atom stereocenters. The van der Waals surface area contributed by atoms with Gasteiger partial charge in [0.15, 0.2) is 5.92 Å². The van der Waals surface area contributed by atoms with E-state index in [-0.39, 0.29) is 12.4 Å². The maximum atomic E-state index is 11.1. The van der Waals surface area contributed by atoms with Gasteiger partial charge in [0.2, 0.25) is 0 Å². The molecule has 2 N–H and O–H groups in total. The molecule has 6 heteroatoms. The molecule has 25 heavy (non-hydrogen) atoms. The van der Waals surface area contributed by atoms with Gasteiger partial charge in [0.1, 0.15) is 0 Å². The van der Waals surface area contributed by atoms with E-state index in [1.807, 2.05) is 0 Å². The van der Waals surface area contributed by atoms with Gasteiger partial charge in [-0.15, -0.1) is 0 Å². The first-order chi connectivity index (χ1) is 12.0. The summed E-state index contributed by atoms with van der Waals surface area (Å²) in [7, 11) is 0. The highest BCUT2D eigenvalue weighted by atomic mass is 16.5. The first-order valence-electron chi connectivity index (χ1n) is 9.24. The minimum absolute atomic E-state index is 0.212. The molecule has 0 aliphatic heterocycles. The summed E-state index contributed by atoms with van der Waals surface area (Å²) < 4.78 is 5.01. The van der Waals surface area contributed by atoms with Crippen LogP contribution in [0.4, 0.5) is 0 Å². The maximum Gasteiger partial charge on any atom is 0.330 e. The van der Waals surface area contributed by atoms with Gasteiger partial charge >= 0.3 is 17.9 Å². The van der Waals surface area contributed by atoms with E-state index in [2.05, 4.69) is 0 Å². The lowest BCUT2D eigenvalue weighted by molar-refractivity contribution is -0.154. The molecule has 6 nitrogen and oxygen atoms in total. The predicted octanol–water partition coefficient (Wildman–Crippen LogP) is 4.18. The number of carboxylic acid groups (broad SMARTS) is 2. The molecule has 144 valence electrons. The highest BCUT2D eigenvalue weighted by molar-refractivity contribution is 5.92. The molecular weight excluding hydrogens is 324 g/mol. The number of hydrogen-bond acceptors (Lipinski definition) is 4. The van der Waals surface area contributed by atoms with E-state index in [9.17, 15) is 14.4 Å². The molecule has 0 saturated heterocycles. The molecule has 0 saturated carbocycles. The summed E-state index contributed by atoms with van der Waals surface area (Å²) in [5, 5.41) is 17.5. The third-order valence-corrected chi connectivity index (χ3v) is 4.03. The van der Waals surface area contributed by atoms with Crippen molar-refractivity contribution < 1.29 is 29.3 Å². The van der Waals surface area contributed by atoms with Crippen molar-refractivity contribution in [2.75, 3.05) is 6.61 Å². The molecule has 0 amide bonds. The minimum atomic E-state index is -1.27. The zero-order valence-electron chi connectivity index (χ0n) is 15.2. The van der Waals surface area contributed by atoms with Gasteiger partial charge in [-0.05, 0) is 19.8 Å². The molecule has 0 rings (SSSR count). The average Bonchev–Trinajstić information content (AvgIpc) is 2.54. The van der Waals surface area contributed by atoms with Gasteiger partial charge in [-0.25, -0.2) is 4.79 Å². The van der Waals surface area contributed by atoms with Crippen molar-refractivity contribution in [3.8, 4) is 0 Å². The number of aliphatic carboxylic acids is 2. The van der Waals surface area contributed by atoms with Crippen molar-refractivity contribution in [1.82, 2.24) is 0 Å². The van der Waals surface area contributed by atoms with Gasteiger partial charge < -0.3 is 14.9 Å². The number of unbranched alkanes of at least 4 members (excludes halogenated alkanes) is 9. The lowest BCUT2D eigenvalue weighted by Gasteiger charge is -2.07. The van der Waals surface area contributed by atoms with Gasteiger partial charge in [-0.1, -0.05) is 63.9 Å². The van der Waals surface area contributed by atoms with E-state index < -0.39 is 17.9 Å². The second-order valence-corrected chi connectivity index (χ2v) is 6.22. The summed E-state index contributed by atoms with van der Waals surface area (Å²) in [6, 6.07) is 0. The lowest BCUT2D eigenvalue weighted by atomic mass is 10.00. The van der Waals surface area contributed by atoms with Crippen LogP contribution in [0.5, 0.6) is 0 Å². The first kappa shape index (κ1) is 23.1. The first-order valence-corrected chi connectivity index (χ1v) is 9.24. The molecule has 0 bridgehead atoms. The molecule has 0 heterocycles. The SMILES string of the molecule is CC=CC(=O)OCCCCCCCCCCCCC(C(=O)O)C(=O)O. The van der Waals surface area contributed by atoms with Crippen LogP contribution in [0.1, 0.15) is 77.6 Å². The molecule has 0 aromatic rings. The molecule has 0 aromatic carbocycles. The van der Waals surface area contributed by atoms with Gasteiger partial charge in [-0.2, -0.15) is 0 Å². The second-order valence-electron chi connectivity index (χ2n) is 6.22. The van der Waals surface area contributed by atoms with E-state index in [4.69, 9.17) is 14.9 Å². The summed E-state index contributed by atoms with van der Waals surface area (Å²) in [6.07, 6.45) is 13.5. The third kappa shape index (κ3) is 14.2. The number of ether oxygens (including phenoxy) is 1. The van der Waals surface area contributed by atoms with Crippen molar-refractivity contribution in [1.29, 1.82) is 0 Å². The monoisotopic (exact) mass is 356 g/mol. The highest BCUT2D eigenvalue weighted by Crippen LogP contribution is 2.14. The Balaban J connectivity index is 3.33.